The van der Waals surface area contributed by atoms with Crippen molar-refractivity contribution in [2.75, 3.05) is 31.2 Å². The molecule has 0 amide bonds. The van der Waals surface area contributed by atoms with E-state index in [0.29, 0.717) is 25.0 Å². The molecule has 1 aliphatic rings. The van der Waals surface area contributed by atoms with E-state index >= 15 is 0 Å². The van der Waals surface area contributed by atoms with Crippen LogP contribution in [0.25, 0.3) is 11.4 Å². The van der Waals surface area contributed by atoms with E-state index in [0.717, 1.165) is 18.7 Å². The minimum absolute atomic E-state index is 0.219. The number of hydrogen-bond donors (Lipinski definition) is 2. The van der Waals surface area contributed by atoms with Gasteiger partial charge < -0.3 is 14.7 Å². The van der Waals surface area contributed by atoms with Crippen LogP contribution in [0.1, 0.15) is 0 Å². The van der Waals surface area contributed by atoms with Crippen molar-refractivity contribution in [3.63, 3.8) is 0 Å². The zero-order valence-corrected chi connectivity index (χ0v) is 9.83. The van der Waals surface area contributed by atoms with Crippen molar-refractivity contribution >= 4 is 5.95 Å². The van der Waals surface area contributed by atoms with Crippen LogP contribution in [0.5, 0.6) is 5.75 Å². The van der Waals surface area contributed by atoms with Gasteiger partial charge in [-0.25, -0.2) is 0 Å². The quantitative estimate of drug-likeness (QED) is 0.827. The fourth-order valence-corrected chi connectivity index (χ4v) is 1.94. The second-order valence-corrected chi connectivity index (χ2v) is 4.13. The van der Waals surface area contributed by atoms with Gasteiger partial charge in [0.1, 0.15) is 5.75 Å². The maximum absolute atomic E-state index is 9.44. The molecule has 6 nitrogen and oxygen atoms in total. The second-order valence-electron chi connectivity index (χ2n) is 4.13. The number of aromatic amines is 1. The van der Waals surface area contributed by atoms with Gasteiger partial charge in [0.25, 0.3) is 0 Å². The number of nitrogens with one attached hydrogen (secondary N) is 1. The third kappa shape index (κ3) is 2.14. The molecule has 94 valence electrons. The SMILES string of the molecule is Oc1cccc(-c2nc(N3CCOCC3)n[nH]2)c1. The smallest absolute Gasteiger partial charge is 0.245 e. The standard InChI is InChI=1S/C12H14N4O2/c17-10-3-1-2-9(8-10)11-13-12(15-14-11)16-4-6-18-7-5-16/h1-3,8,17H,4-7H2,(H,13,14,15). The number of aromatic nitrogens is 3. The third-order valence-corrected chi connectivity index (χ3v) is 2.89. The molecule has 0 unspecified atom stereocenters. The lowest BCUT2D eigenvalue weighted by atomic mass is 10.2. The monoisotopic (exact) mass is 246 g/mol. The Morgan fingerprint density at radius 3 is 2.89 bits per heavy atom. The van der Waals surface area contributed by atoms with Crippen molar-refractivity contribution < 1.29 is 9.84 Å². The summed E-state index contributed by atoms with van der Waals surface area (Å²) in [6, 6.07) is 6.94. The van der Waals surface area contributed by atoms with Crippen molar-refractivity contribution in [1.29, 1.82) is 0 Å². The Labute approximate surface area is 104 Å². The fraction of sp³-hybridized carbons (Fsp3) is 0.333. The summed E-state index contributed by atoms with van der Waals surface area (Å²) in [5.74, 6) is 1.56. The van der Waals surface area contributed by atoms with Crippen LogP contribution in [0.2, 0.25) is 0 Å². The number of phenols is 1. The van der Waals surface area contributed by atoms with Gasteiger partial charge in [-0.05, 0) is 12.1 Å². The molecule has 0 atom stereocenters. The van der Waals surface area contributed by atoms with Crippen molar-refractivity contribution in [1.82, 2.24) is 15.2 Å². The lowest BCUT2D eigenvalue weighted by molar-refractivity contribution is 0.122. The summed E-state index contributed by atoms with van der Waals surface area (Å²) in [6.45, 7) is 3.01. The molecule has 1 fully saturated rings. The van der Waals surface area contributed by atoms with Crippen molar-refractivity contribution in [2.45, 2.75) is 0 Å². The Bertz CT molecular complexity index is 534. The van der Waals surface area contributed by atoms with Crippen molar-refractivity contribution in [3.05, 3.63) is 24.3 Å². The molecule has 0 radical (unpaired) electrons. The maximum Gasteiger partial charge on any atom is 0.245 e. The van der Waals surface area contributed by atoms with E-state index in [2.05, 4.69) is 20.1 Å². The number of anilines is 1. The highest BCUT2D eigenvalue weighted by molar-refractivity contribution is 5.58. The predicted molar refractivity (Wildman–Crippen MR) is 66.5 cm³/mol. The van der Waals surface area contributed by atoms with Crippen LogP contribution in [0.4, 0.5) is 5.95 Å². The number of rotatable bonds is 2. The Balaban J connectivity index is 1.84. The maximum atomic E-state index is 9.44. The van der Waals surface area contributed by atoms with E-state index in [1.807, 2.05) is 6.07 Å². The highest BCUT2D eigenvalue weighted by Crippen LogP contribution is 2.21. The number of phenolic OH excluding ortho intramolecular Hbond substituents is 1. The summed E-state index contributed by atoms with van der Waals surface area (Å²) >= 11 is 0. The van der Waals surface area contributed by atoms with Gasteiger partial charge in [-0.2, -0.15) is 4.98 Å². The normalized spacial score (nSPS) is 15.9. The second kappa shape index (κ2) is 4.66. The number of morpholine rings is 1. The minimum atomic E-state index is 0.219. The van der Waals surface area contributed by atoms with Crippen LogP contribution >= 0.6 is 0 Å². The molecule has 18 heavy (non-hydrogen) atoms. The van der Waals surface area contributed by atoms with Gasteiger partial charge in [-0.15, -0.1) is 5.10 Å². The molecule has 2 N–H and O–H groups in total. The summed E-state index contributed by atoms with van der Waals surface area (Å²) in [7, 11) is 0. The average molecular weight is 246 g/mol. The molecule has 1 aliphatic heterocycles. The molecule has 1 aromatic carbocycles. The van der Waals surface area contributed by atoms with Gasteiger partial charge in [-0.1, -0.05) is 12.1 Å². The van der Waals surface area contributed by atoms with Gasteiger partial charge in [0, 0.05) is 18.7 Å². The highest BCUT2D eigenvalue weighted by Gasteiger charge is 2.16. The molecule has 0 bridgehead atoms. The summed E-state index contributed by atoms with van der Waals surface area (Å²) in [4.78, 5) is 6.51. The Morgan fingerprint density at radius 2 is 2.11 bits per heavy atom. The summed E-state index contributed by atoms with van der Waals surface area (Å²) in [6.07, 6.45) is 0. The van der Waals surface area contributed by atoms with Crippen LogP contribution in [0, 0.1) is 0 Å². The number of aromatic hydroxyl groups is 1. The predicted octanol–water partition coefficient (Wildman–Crippen LogP) is 1.01. The molecule has 6 heteroatoms. The van der Waals surface area contributed by atoms with Crippen LogP contribution in [-0.2, 0) is 4.74 Å². The lowest BCUT2D eigenvalue weighted by Crippen LogP contribution is -2.36. The first kappa shape index (κ1) is 11.0. The molecule has 0 aliphatic carbocycles. The van der Waals surface area contributed by atoms with E-state index in [9.17, 15) is 5.11 Å². The fourth-order valence-electron chi connectivity index (χ4n) is 1.94. The van der Waals surface area contributed by atoms with Gasteiger partial charge >= 0.3 is 0 Å². The van der Waals surface area contributed by atoms with Crippen molar-refractivity contribution in [3.8, 4) is 17.1 Å². The molecule has 1 saturated heterocycles. The number of nitrogens with zero attached hydrogens (tertiary/aromatic N) is 3. The number of hydrogen-bond acceptors (Lipinski definition) is 5. The molecular weight excluding hydrogens is 232 g/mol. The van der Waals surface area contributed by atoms with Crippen molar-refractivity contribution in [2.24, 2.45) is 0 Å². The number of H-pyrrole nitrogens is 1. The molecule has 2 heterocycles. The molecule has 1 aromatic heterocycles. The van der Waals surface area contributed by atoms with E-state index in [4.69, 9.17) is 4.74 Å². The molecular formula is C12H14N4O2. The molecule has 0 saturated carbocycles. The van der Waals surface area contributed by atoms with Gasteiger partial charge in [-0.3, -0.25) is 5.10 Å². The largest absolute Gasteiger partial charge is 0.508 e. The van der Waals surface area contributed by atoms with E-state index < -0.39 is 0 Å². The van der Waals surface area contributed by atoms with Gasteiger partial charge in [0.2, 0.25) is 5.95 Å². The summed E-state index contributed by atoms with van der Waals surface area (Å²) < 4.78 is 5.29. The molecule has 3 rings (SSSR count). The third-order valence-electron chi connectivity index (χ3n) is 2.89. The first-order valence-electron chi connectivity index (χ1n) is 5.87. The average Bonchev–Trinajstić information content (AvgIpc) is 2.89. The van der Waals surface area contributed by atoms with E-state index in [-0.39, 0.29) is 5.75 Å². The van der Waals surface area contributed by atoms with Crippen LogP contribution in [0.3, 0.4) is 0 Å². The van der Waals surface area contributed by atoms with E-state index in [1.54, 1.807) is 18.2 Å². The number of benzene rings is 1. The van der Waals surface area contributed by atoms with Crippen LogP contribution in [0.15, 0.2) is 24.3 Å². The highest BCUT2D eigenvalue weighted by atomic mass is 16.5. The Kier molecular flexibility index (Phi) is 2.85. The topological polar surface area (TPSA) is 74.3 Å². The lowest BCUT2D eigenvalue weighted by Gasteiger charge is -2.25. The number of ether oxygens (including phenoxy) is 1. The van der Waals surface area contributed by atoms with Gasteiger partial charge in [0.05, 0.1) is 13.2 Å². The van der Waals surface area contributed by atoms with Crippen LogP contribution < -0.4 is 4.90 Å². The zero-order chi connectivity index (χ0) is 12.4. The molecule has 2 aromatic rings. The summed E-state index contributed by atoms with van der Waals surface area (Å²) in [5.41, 5.74) is 0.821. The van der Waals surface area contributed by atoms with Crippen LogP contribution in [-0.4, -0.2) is 46.6 Å². The van der Waals surface area contributed by atoms with Gasteiger partial charge in [0.15, 0.2) is 5.82 Å². The first-order valence-corrected chi connectivity index (χ1v) is 5.87. The Hall–Kier alpha value is -2.08. The minimum Gasteiger partial charge on any atom is -0.508 e. The first-order chi connectivity index (χ1) is 8.83. The van der Waals surface area contributed by atoms with E-state index in [1.165, 1.54) is 0 Å². The summed E-state index contributed by atoms with van der Waals surface area (Å²) in [5, 5.41) is 16.5. The Morgan fingerprint density at radius 1 is 1.28 bits per heavy atom. The molecule has 0 spiro atoms. The zero-order valence-electron chi connectivity index (χ0n) is 9.83.